The van der Waals surface area contributed by atoms with Gasteiger partial charge in [-0.25, -0.2) is 0 Å². The molecule has 1 fully saturated rings. The Morgan fingerprint density at radius 3 is 2.89 bits per heavy atom. The average Bonchev–Trinajstić information content (AvgIpc) is 2.41. The van der Waals surface area contributed by atoms with E-state index in [0.29, 0.717) is 17.8 Å². The summed E-state index contributed by atoms with van der Waals surface area (Å²) in [4.78, 5) is 22.3. The first kappa shape index (κ1) is 13.5. The first-order valence-corrected chi connectivity index (χ1v) is 6.34. The van der Waals surface area contributed by atoms with Crippen molar-refractivity contribution in [1.82, 2.24) is 5.32 Å². The van der Waals surface area contributed by atoms with Crippen LogP contribution < -0.4 is 10.6 Å². The van der Waals surface area contributed by atoms with Crippen molar-refractivity contribution in [2.75, 3.05) is 18.4 Å². The van der Waals surface area contributed by atoms with Gasteiger partial charge in [0.05, 0.1) is 10.8 Å². The van der Waals surface area contributed by atoms with Crippen molar-refractivity contribution < 1.29 is 9.72 Å². The van der Waals surface area contributed by atoms with Crippen molar-refractivity contribution in [3.63, 3.8) is 0 Å². The van der Waals surface area contributed by atoms with Crippen LogP contribution in [0.4, 0.5) is 11.4 Å². The van der Waals surface area contributed by atoms with Gasteiger partial charge in [-0.2, -0.15) is 0 Å². The highest BCUT2D eigenvalue weighted by Gasteiger charge is 2.21. The number of aryl methyl sites for hydroxylation is 1. The zero-order valence-corrected chi connectivity index (χ0v) is 10.8. The zero-order chi connectivity index (χ0) is 13.8. The molecule has 6 heteroatoms. The molecule has 1 aliphatic rings. The summed E-state index contributed by atoms with van der Waals surface area (Å²) in [5.74, 6) is -0.0486. The van der Waals surface area contributed by atoms with Crippen LogP contribution in [0.15, 0.2) is 18.2 Å². The summed E-state index contributed by atoms with van der Waals surface area (Å²) < 4.78 is 0. The number of non-ortho nitro benzene ring substituents is 1. The summed E-state index contributed by atoms with van der Waals surface area (Å²) in [6.45, 7) is 3.40. The smallest absolute Gasteiger partial charge is 0.269 e. The van der Waals surface area contributed by atoms with E-state index in [2.05, 4.69) is 10.6 Å². The number of carbonyl (C=O) groups excluding carboxylic acids is 1. The van der Waals surface area contributed by atoms with E-state index in [1.807, 2.05) is 0 Å². The fourth-order valence-corrected chi connectivity index (χ4v) is 2.21. The molecule has 0 aromatic heterocycles. The Bertz CT molecular complexity index is 496. The Morgan fingerprint density at radius 2 is 2.32 bits per heavy atom. The van der Waals surface area contributed by atoms with E-state index in [4.69, 9.17) is 0 Å². The number of hydrogen-bond acceptors (Lipinski definition) is 4. The van der Waals surface area contributed by atoms with E-state index < -0.39 is 4.92 Å². The molecule has 1 aliphatic heterocycles. The van der Waals surface area contributed by atoms with Gasteiger partial charge in [0, 0.05) is 24.4 Å². The van der Waals surface area contributed by atoms with E-state index in [-0.39, 0.29) is 17.5 Å². The van der Waals surface area contributed by atoms with Gasteiger partial charge in [0.25, 0.3) is 5.69 Å². The lowest BCUT2D eigenvalue weighted by Crippen LogP contribution is -2.37. The highest BCUT2D eigenvalue weighted by atomic mass is 16.6. The molecule has 0 radical (unpaired) electrons. The van der Waals surface area contributed by atoms with Crippen LogP contribution >= 0.6 is 0 Å². The number of nitrogens with one attached hydrogen (secondary N) is 2. The van der Waals surface area contributed by atoms with Crippen molar-refractivity contribution >= 4 is 17.3 Å². The molecule has 6 nitrogen and oxygen atoms in total. The first-order valence-electron chi connectivity index (χ1n) is 6.34. The summed E-state index contributed by atoms with van der Waals surface area (Å²) in [5.41, 5.74) is 1.38. The second kappa shape index (κ2) is 5.79. The number of amides is 1. The minimum Gasteiger partial charge on any atom is -0.326 e. The normalized spacial score (nSPS) is 18.9. The third-order valence-electron chi connectivity index (χ3n) is 3.35. The predicted octanol–water partition coefficient (Wildman–Crippen LogP) is 1.84. The Morgan fingerprint density at radius 1 is 1.53 bits per heavy atom. The minimum atomic E-state index is -0.441. The number of rotatable bonds is 3. The molecule has 0 bridgehead atoms. The van der Waals surface area contributed by atoms with Crippen LogP contribution in [0.25, 0.3) is 0 Å². The second-order valence-corrected chi connectivity index (χ2v) is 4.79. The quantitative estimate of drug-likeness (QED) is 0.643. The van der Waals surface area contributed by atoms with Crippen LogP contribution in [-0.4, -0.2) is 23.9 Å². The SMILES string of the molecule is Cc1cc([N+](=O)[O-])ccc1NC(=O)C1CCCNC1. The number of piperidine rings is 1. The molecule has 1 aromatic rings. The molecule has 102 valence electrons. The van der Waals surface area contributed by atoms with Crippen molar-refractivity contribution in [3.8, 4) is 0 Å². The van der Waals surface area contributed by atoms with Crippen molar-refractivity contribution in [2.45, 2.75) is 19.8 Å². The summed E-state index contributed by atoms with van der Waals surface area (Å²) >= 11 is 0. The molecule has 0 saturated carbocycles. The molecule has 0 aliphatic carbocycles. The van der Waals surface area contributed by atoms with Crippen LogP contribution in [0.2, 0.25) is 0 Å². The summed E-state index contributed by atoms with van der Waals surface area (Å²) in [6.07, 6.45) is 1.88. The summed E-state index contributed by atoms with van der Waals surface area (Å²) in [5, 5.41) is 16.7. The summed E-state index contributed by atoms with van der Waals surface area (Å²) in [7, 11) is 0. The Labute approximate surface area is 111 Å². The van der Waals surface area contributed by atoms with Crippen molar-refractivity contribution in [3.05, 3.63) is 33.9 Å². The molecule has 1 amide bonds. The van der Waals surface area contributed by atoms with Gasteiger partial charge in [0.2, 0.25) is 5.91 Å². The standard InChI is InChI=1S/C13H17N3O3/c1-9-7-11(16(18)19)4-5-12(9)15-13(17)10-3-2-6-14-8-10/h4-5,7,10,14H,2-3,6,8H2,1H3,(H,15,17). The highest BCUT2D eigenvalue weighted by Crippen LogP contribution is 2.22. The molecule has 0 spiro atoms. The molecule has 2 N–H and O–H groups in total. The molecule has 1 saturated heterocycles. The van der Waals surface area contributed by atoms with Crippen LogP contribution in [0.5, 0.6) is 0 Å². The van der Waals surface area contributed by atoms with Gasteiger partial charge < -0.3 is 10.6 Å². The maximum absolute atomic E-state index is 12.1. The molecule has 1 aromatic carbocycles. The van der Waals surface area contributed by atoms with E-state index in [1.54, 1.807) is 13.0 Å². The topological polar surface area (TPSA) is 84.3 Å². The predicted molar refractivity (Wildman–Crippen MR) is 72.1 cm³/mol. The van der Waals surface area contributed by atoms with E-state index in [9.17, 15) is 14.9 Å². The van der Waals surface area contributed by atoms with Gasteiger partial charge in [-0.05, 0) is 37.9 Å². The molecular formula is C13H17N3O3. The van der Waals surface area contributed by atoms with E-state index >= 15 is 0 Å². The summed E-state index contributed by atoms with van der Waals surface area (Å²) in [6, 6.07) is 4.46. The van der Waals surface area contributed by atoms with Gasteiger partial charge in [0.1, 0.15) is 0 Å². The maximum atomic E-state index is 12.1. The Balaban J connectivity index is 2.06. The number of anilines is 1. The van der Waals surface area contributed by atoms with Crippen molar-refractivity contribution in [2.24, 2.45) is 5.92 Å². The minimum absolute atomic E-state index is 0.0239. The van der Waals surface area contributed by atoms with Crippen molar-refractivity contribution in [1.29, 1.82) is 0 Å². The fourth-order valence-electron chi connectivity index (χ4n) is 2.21. The van der Waals surface area contributed by atoms with Crippen LogP contribution in [-0.2, 0) is 4.79 Å². The number of nitro groups is 1. The Hall–Kier alpha value is -1.95. The maximum Gasteiger partial charge on any atom is 0.269 e. The van der Waals surface area contributed by atoms with Crippen LogP contribution in [0.3, 0.4) is 0 Å². The zero-order valence-electron chi connectivity index (χ0n) is 10.8. The molecule has 1 heterocycles. The van der Waals surface area contributed by atoms with Gasteiger partial charge in [-0.3, -0.25) is 14.9 Å². The average molecular weight is 263 g/mol. The lowest BCUT2D eigenvalue weighted by atomic mass is 9.98. The first-order chi connectivity index (χ1) is 9.08. The Kier molecular flexibility index (Phi) is 4.11. The van der Waals surface area contributed by atoms with E-state index in [0.717, 1.165) is 19.4 Å². The third-order valence-corrected chi connectivity index (χ3v) is 3.35. The molecule has 1 atom stereocenters. The van der Waals surface area contributed by atoms with Gasteiger partial charge in [-0.1, -0.05) is 0 Å². The molecule has 2 rings (SSSR count). The number of nitrogens with zero attached hydrogens (tertiary/aromatic N) is 1. The van der Waals surface area contributed by atoms with Crippen LogP contribution in [0.1, 0.15) is 18.4 Å². The second-order valence-electron chi connectivity index (χ2n) is 4.79. The van der Waals surface area contributed by atoms with Gasteiger partial charge in [-0.15, -0.1) is 0 Å². The lowest BCUT2D eigenvalue weighted by molar-refractivity contribution is -0.384. The molecule has 19 heavy (non-hydrogen) atoms. The molecule has 1 unspecified atom stereocenters. The molecular weight excluding hydrogens is 246 g/mol. The third kappa shape index (κ3) is 3.29. The van der Waals surface area contributed by atoms with Gasteiger partial charge in [0.15, 0.2) is 0 Å². The van der Waals surface area contributed by atoms with Crippen LogP contribution in [0, 0.1) is 23.0 Å². The monoisotopic (exact) mass is 263 g/mol. The highest BCUT2D eigenvalue weighted by molar-refractivity contribution is 5.93. The lowest BCUT2D eigenvalue weighted by Gasteiger charge is -2.22. The largest absolute Gasteiger partial charge is 0.326 e. The number of nitro benzene ring substituents is 1. The van der Waals surface area contributed by atoms with E-state index in [1.165, 1.54) is 12.1 Å². The number of hydrogen-bond donors (Lipinski definition) is 2. The number of benzene rings is 1. The fraction of sp³-hybridized carbons (Fsp3) is 0.462. The van der Waals surface area contributed by atoms with Gasteiger partial charge >= 0.3 is 0 Å². The number of carbonyl (C=O) groups is 1.